The smallest absolute Gasteiger partial charge is 0.169 e. The van der Waals surface area contributed by atoms with Crippen LogP contribution in [0.15, 0.2) is 36.5 Å². The Bertz CT molecular complexity index is 423. The predicted octanol–water partition coefficient (Wildman–Crippen LogP) is 2.47. The fourth-order valence-electron chi connectivity index (χ4n) is 1.24. The first-order valence-electron chi connectivity index (χ1n) is 3.71. The molecule has 0 radical (unpaired) electrons. The molecule has 2 nitrogen and oxygen atoms in total. The molecule has 0 saturated heterocycles. The number of aldehydes is 1. The fourth-order valence-corrected chi connectivity index (χ4v) is 1.24. The van der Waals surface area contributed by atoms with E-state index in [4.69, 9.17) is 0 Å². The number of rotatable bonds is 1. The number of benzene rings is 1. The molecule has 13 heavy (non-hydrogen) atoms. The van der Waals surface area contributed by atoms with Gasteiger partial charge in [0.15, 0.2) is 6.29 Å². The summed E-state index contributed by atoms with van der Waals surface area (Å²) in [4.78, 5) is 14.5. The molecule has 1 aromatic heterocycles. The van der Waals surface area contributed by atoms with Gasteiger partial charge in [0.05, 0.1) is 0 Å². The van der Waals surface area contributed by atoms with Crippen molar-refractivity contribution in [2.24, 2.45) is 0 Å². The number of carbonyl (C=O) groups is 1. The predicted molar refractivity (Wildman–Crippen MR) is 54.4 cm³/mol. The monoisotopic (exact) mass is 193 g/mol. The average Bonchev–Trinajstić information content (AvgIpc) is 2.17. The van der Waals surface area contributed by atoms with Crippen LogP contribution in [0.25, 0.3) is 10.8 Å². The molecule has 0 spiro atoms. The SMILES string of the molecule is Cl.O=Cc1nccc2ccccc12. The lowest BCUT2D eigenvalue weighted by molar-refractivity contribution is 0.112. The van der Waals surface area contributed by atoms with Crippen molar-refractivity contribution in [1.29, 1.82) is 0 Å². The van der Waals surface area contributed by atoms with E-state index in [9.17, 15) is 4.79 Å². The van der Waals surface area contributed by atoms with Crippen molar-refractivity contribution in [2.45, 2.75) is 0 Å². The Balaban J connectivity index is 0.000000845. The molecule has 0 bridgehead atoms. The fraction of sp³-hybridized carbons (Fsp3) is 0. The highest BCUT2D eigenvalue weighted by Gasteiger charge is 1.97. The van der Waals surface area contributed by atoms with E-state index < -0.39 is 0 Å². The van der Waals surface area contributed by atoms with Crippen LogP contribution in [0.1, 0.15) is 10.5 Å². The zero-order valence-electron chi connectivity index (χ0n) is 6.81. The van der Waals surface area contributed by atoms with E-state index >= 15 is 0 Å². The maximum absolute atomic E-state index is 10.6. The van der Waals surface area contributed by atoms with Crippen LogP contribution in [0.4, 0.5) is 0 Å². The van der Waals surface area contributed by atoms with Crippen LogP contribution in [-0.4, -0.2) is 11.3 Å². The Labute approximate surface area is 82.0 Å². The standard InChI is InChI=1S/C10H7NO.ClH/c12-7-10-9-4-2-1-3-8(9)5-6-11-10;/h1-7H;1H. The summed E-state index contributed by atoms with van der Waals surface area (Å²) in [6.45, 7) is 0. The van der Waals surface area contributed by atoms with Crippen molar-refractivity contribution < 1.29 is 4.79 Å². The number of carbonyl (C=O) groups excluding carboxylic acids is 1. The lowest BCUT2D eigenvalue weighted by atomic mass is 10.1. The first-order valence-corrected chi connectivity index (χ1v) is 3.71. The maximum atomic E-state index is 10.6. The van der Waals surface area contributed by atoms with Gasteiger partial charge in [0.2, 0.25) is 0 Å². The number of nitrogens with zero attached hydrogens (tertiary/aromatic N) is 1. The van der Waals surface area contributed by atoms with Crippen molar-refractivity contribution in [3.05, 3.63) is 42.2 Å². The molecule has 0 N–H and O–H groups in total. The second kappa shape index (κ2) is 4.01. The molecule has 0 aliphatic heterocycles. The highest BCUT2D eigenvalue weighted by atomic mass is 35.5. The van der Waals surface area contributed by atoms with E-state index in [1.54, 1.807) is 6.20 Å². The van der Waals surface area contributed by atoms with Crippen LogP contribution >= 0.6 is 12.4 Å². The van der Waals surface area contributed by atoms with Gasteiger partial charge >= 0.3 is 0 Å². The zero-order chi connectivity index (χ0) is 8.39. The quantitative estimate of drug-likeness (QED) is 0.652. The van der Waals surface area contributed by atoms with Gasteiger partial charge in [0.25, 0.3) is 0 Å². The summed E-state index contributed by atoms with van der Waals surface area (Å²) in [5.74, 6) is 0. The van der Waals surface area contributed by atoms with E-state index in [0.717, 1.165) is 17.1 Å². The van der Waals surface area contributed by atoms with Gasteiger partial charge in [-0.1, -0.05) is 24.3 Å². The number of fused-ring (bicyclic) bond motifs is 1. The molecule has 1 aromatic carbocycles. The van der Waals surface area contributed by atoms with E-state index in [-0.39, 0.29) is 12.4 Å². The molecule has 66 valence electrons. The van der Waals surface area contributed by atoms with Crippen molar-refractivity contribution in [1.82, 2.24) is 4.98 Å². The topological polar surface area (TPSA) is 30.0 Å². The van der Waals surface area contributed by atoms with Crippen molar-refractivity contribution in [3.63, 3.8) is 0 Å². The normalized spacial score (nSPS) is 9.23. The number of hydrogen-bond donors (Lipinski definition) is 0. The van der Waals surface area contributed by atoms with E-state index in [1.807, 2.05) is 30.3 Å². The molecule has 0 unspecified atom stereocenters. The molecular weight excluding hydrogens is 186 g/mol. The van der Waals surface area contributed by atoms with Crippen LogP contribution in [0.3, 0.4) is 0 Å². The second-order valence-corrected chi connectivity index (χ2v) is 2.54. The summed E-state index contributed by atoms with van der Waals surface area (Å²) >= 11 is 0. The highest BCUT2D eigenvalue weighted by Crippen LogP contribution is 2.14. The van der Waals surface area contributed by atoms with Gasteiger partial charge in [-0.15, -0.1) is 12.4 Å². The van der Waals surface area contributed by atoms with Crippen LogP contribution in [-0.2, 0) is 0 Å². The van der Waals surface area contributed by atoms with Gasteiger partial charge in [-0.2, -0.15) is 0 Å². The number of hydrogen-bond acceptors (Lipinski definition) is 2. The van der Waals surface area contributed by atoms with Crippen LogP contribution in [0, 0.1) is 0 Å². The average molecular weight is 194 g/mol. The van der Waals surface area contributed by atoms with E-state index in [1.165, 1.54) is 0 Å². The summed E-state index contributed by atoms with van der Waals surface area (Å²) in [5, 5.41) is 1.96. The molecule has 0 aliphatic rings. The molecule has 0 atom stereocenters. The molecule has 2 aromatic rings. The number of aromatic nitrogens is 1. The zero-order valence-corrected chi connectivity index (χ0v) is 7.62. The Hall–Kier alpha value is -1.41. The second-order valence-electron chi connectivity index (χ2n) is 2.54. The summed E-state index contributed by atoms with van der Waals surface area (Å²) in [7, 11) is 0. The first-order chi connectivity index (χ1) is 5.92. The third kappa shape index (κ3) is 1.68. The lowest BCUT2D eigenvalue weighted by Gasteiger charge is -1.97. The van der Waals surface area contributed by atoms with Gasteiger partial charge in [0.1, 0.15) is 5.69 Å². The molecule has 0 aliphatic carbocycles. The van der Waals surface area contributed by atoms with Crippen LogP contribution in [0.5, 0.6) is 0 Å². The minimum Gasteiger partial charge on any atom is -0.296 e. The minimum absolute atomic E-state index is 0. The molecule has 0 saturated carbocycles. The maximum Gasteiger partial charge on any atom is 0.169 e. The van der Waals surface area contributed by atoms with Crippen molar-refractivity contribution in [3.8, 4) is 0 Å². The van der Waals surface area contributed by atoms with Gasteiger partial charge in [0, 0.05) is 11.6 Å². The third-order valence-corrected chi connectivity index (χ3v) is 1.82. The highest BCUT2D eigenvalue weighted by molar-refractivity contribution is 5.95. The lowest BCUT2D eigenvalue weighted by Crippen LogP contribution is -1.86. The molecule has 0 fully saturated rings. The molecule has 3 heteroatoms. The van der Waals surface area contributed by atoms with Crippen molar-refractivity contribution in [2.75, 3.05) is 0 Å². The molecule has 1 heterocycles. The summed E-state index contributed by atoms with van der Waals surface area (Å²) in [6.07, 6.45) is 2.42. The van der Waals surface area contributed by atoms with Crippen LogP contribution < -0.4 is 0 Å². The molecule has 2 rings (SSSR count). The minimum atomic E-state index is 0. The molecule has 0 amide bonds. The van der Waals surface area contributed by atoms with Gasteiger partial charge in [-0.05, 0) is 11.5 Å². The third-order valence-electron chi connectivity index (χ3n) is 1.82. The Morgan fingerprint density at radius 3 is 2.69 bits per heavy atom. The summed E-state index contributed by atoms with van der Waals surface area (Å²) in [5.41, 5.74) is 0.508. The van der Waals surface area contributed by atoms with Gasteiger partial charge in [-0.25, -0.2) is 0 Å². The Morgan fingerprint density at radius 2 is 1.92 bits per heavy atom. The Kier molecular flexibility index (Phi) is 2.98. The number of pyridine rings is 1. The largest absolute Gasteiger partial charge is 0.296 e. The molecular formula is C10H8ClNO. The van der Waals surface area contributed by atoms with E-state index in [2.05, 4.69) is 4.98 Å². The summed E-state index contributed by atoms with van der Waals surface area (Å²) in [6, 6.07) is 9.59. The van der Waals surface area contributed by atoms with Crippen molar-refractivity contribution >= 4 is 29.5 Å². The Morgan fingerprint density at radius 1 is 1.15 bits per heavy atom. The van der Waals surface area contributed by atoms with Crippen LogP contribution in [0.2, 0.25) is 0 Å². The van der Waals surface area contributed by atoms with E-state index in [0.29, 0.717) is 5.69 Å². The van der Waals surface area contributed by atoms with Gasteiger partial charge in [-0.3, -0.25) is 9.78 Å². The first kappa shape index (κ1) is 9.68. The van der Waals surface area contributed by atoms with Gasteiger partial charge < -0.3 is 0 Å². The number of halogens is 1. The summed E-state index contributed by atoms with van der Waals surface area (Å²) < 4.78 is 0.